The van der Waals surface area contributed by atoms with Crippen molar-refractivity contribution in [3.63, 3.8) is 0 Å². The minimum absolute atomic E-state index is 0.330. The molecule has 0 saturated carbocycles. The molecular weight excluding hydrogens is 366 g/mol. The second-order valence-electron chi connectivity index (χ2n) is 5.64. The number of hydrazone groups is 1. The van der Waals surface area contributed by atoms with Gasteiger partial charge in [-0.15, -0.1) is 0 Å². The topological polar surface area (TPSA) is 79.8 Å². The Kier molecular flexibility index (Phi) is 7.82. The maximum atomic E-state index is 12.0. The van der Waals surface area contributed by atoms with E-state index < -0.39 is 11.8 Å². The molecule has 2 aromatic rings. The fourth-order valence-electron chi connectivity index (χ4n) is 2.41. The van der Waals surface area contributed by atoms with Gasteiger partial charge in [-0.1, -0.05) is 36.7 Å². The highest BCUT2D eigenvalue weighted by Crippen LogP contribution is 2.21. The zero-order valence-corrected chi connectivity index (χ0v) is 16.0. The van der Waals surface area contributed by atoms with Gasteiger partial charge in [0.15, 0.2) is 0 Å². The highest BCUT2D eigenvalue weighted by atomic mass is 35.5. The second-order valence-corrected chi connectivity index (χ2v) is 6.08. The number of carbonyl (C=O) groups excluding carboxylic acids is 2. The van der Waals surface area contributed by atoms with Crippen LogP contribution in [0, 0.1) is 0 Å². The fraction of sp³-hybridized carbons (Fsp3) is 0.250. The molecule has 0 atom stereocenters. The van der Waals surface area contributed by atoms with Gasteiger partial charge in [0.05, 0.1) is 12.8 Å². The van der Waals surface area contributed by atoms with Crippen LogP contribution in [0.3, 0.4) is 0 Å². The number of nitrogens with zero attached hydrogens (tertiary/aromatic N) is 1. The first kappa shape index (κ1) is 20.5. The number of nitrogens with one attached hydrogen (secondary N) is 2. The summed E-state index contributed by atoms with van der Waals surface area (Å²) in [4.78, 5) is 24.0. The lowest BCUT2D eigenvalue weighted by molar-refractivity contribution is -0.126. The van der Waals surface area contributed by atoms with Crippen molar-refractivity contribution in [3.05, 3.63) is 58.6 Å². The van der Waals surface area contributed by atoms with Crippen LogP contribution in [0.4, 0.5) is 5.69 Å². The predicted molar refractivity (Wildman–Crippen MR) is 107 cm³/mol. The molecule has 0 spiro atoms. The lowest BCUT2D eigenvalue weighted by Gasteiger charge is -2.09. The van der Waals surface area contributed by atoms with E-state index in [4.69, 9.17) is 16.3 Å². The molecule has 0 radical (unpaired) electrons. The Labute approximate surface area is 163 Å². The number of carbonyl (C=O) groups is 2. The Morgan fingerprint density at radius 1 is 1.15 bits per heavy atom. The van der Waals surface area contributed by atoms with Crippen LogP contribution in [0.5, 0.6) is 5.75 Å². The van der Waals surface area contributed by atoms with E-state index in [-0.39, 0.29) is 6.42 Å². The SMILES string of the molecule is CCOc1ccc(Cl)cc1C=NNC(=O)CC(=O)Nc1ccccc1CC. The normalized spacial score (nSPS) is 10.6. The molecule has 27 heavy (non-hydrogen) atoms. The number of hydrogen-bond donors (Lipinski definition) is 2. The van der Waals surface area contributed by atoms with Crippen LogP contribution in [-0.2, 0) is 16.0 Å². The van der Waals surface area contributed by atoms with Crippen molar-refractivity contribution >= 4 is 35.3 Å². The van der Waals surface area contributed by atoms with Gasteiger partial charge >= 0.3 is 0 Å². The van der Waals surface area contributed by atoms with E-state index in [1.54, 1.807) is 24.3 Å². The fourth-order valence-corrected chi connectivity index (χ4v) is 2.59. The van der Waals surface area contributed by atoms with Crippen molar-refractivity contribution in [2.75, 3.05) is 11.9 Å². The van der Waals surface area contributed by atoms with Gasteiger partial charge < -0.3 is 10.1 Å². The van der Waals surface area contributed by atoms with Gasteiger partial charge in [0.25, 0.3) is 0 Å². The van der Waals surface area contributed by atoms with Crippen molar-refractivity contribution in [2.24, 2.45) is 5.10 Å². The summed E-state index contributed by atoms with van der Waals surface area (Å²) in [5.74, 6) is -0.312. The Hall–Kier alpha value is -2.86. The summed E-state index contributed by atoms with van der Waals surface area (Å²) in [7, 11) is 0. The van der Waals surface area contributed by atoms with E-state index in [1.165, 1.54) is 6.21 Å². The molecule has 0 unspecified atom stereocenters. The first-order valence-corrected chi connectivity index (χ1v) is 9.03. The van der Waals surface area contributed by atoms with E-state index in [9.17, 15) is 9.59 Å². The smallest absolute Gasteiger partial charge is 0.249 e. The molecule has 2 N–H and O–H groups in total. The van der Waals surface area contributed by atoms with Crippen molar-refractivity contribution in [3.8, 4) is 5.75 Å². The zero-order chi connectivity index (χ0) is 19.6. The van der Waals surface area contributed by atoms with Crippen LogP contribution >= 0.6 is 11.6 Å². The zero-order valence-electron chi connectivity index (χ0n) is 15.3. The third-order valence-electron chi connectivity index (χ3n) is 3.66. The van der Waals surface area contributed by atoms with Crippen molar-refractivity contribution in [1.29, 1.82) is 0 Å². The van der Waals surface area contributed by atoms with E-state index in [2.05, 4.69) is 15.8 Å². The summed E-state index contributed by atoms with van der Waals surface area (Å²) in [6.45, 7) is 4.36. The Morgan fingerprint density at radius 2 is 1.93 bits per heavy atom. The molecule has 142 valence electrons. The minimum Gasteiger partial charge on any atom is -0.493 e. The molecule has 0 aliphatic rings. The Balaban J connectivity index is 1.91. The van der Waals surface area contributed by atoms with Crippen LogP contribution in [0.25, 0.3) is 0 Å². The minimum atomic E-state index is -0.516. The number of rotatable bonds is 8. The molecule has 0 aromatic heterocycles. The standard InChI is InChI=1S/C20H22ClN3O3/c1-3-14-7-5-6-8-17(14)23-19(25)12-20(26)24-22-13-15-11-16(21)9-10-18(15)27-4-2/h5-11,13H,3-4,12H2,1-2H3,(H,23,25)(H,24,26). The number of aryl methyl sites for hydroxylation is 1. The summed E-state index contributed by atoms with van der Waals surface area (Å²) in [5, 5.41) is 7.15. The number of halogens is 1. The molecule has 0 aliphatic carbocycles. The van der Waals surface area contributed by atoms with Gasteiger partial charge in [-0.3, -0.25) is 9.59 Å². The molecular formula is C20H22ClN3O3. The summed E-state index contributed by atoms with van der Waals surface area (Å²) in [6.07, 6.45) is 1.89. The van der Waals surface area contributed by atoms with Crippen molar-refractivity contribution < 1.29 is 14.3 Å². The third-order valence-corrected chi connectivity index (χ3v) is 3.89. The van der Waals surface area contributed by atoms with Gasteiger partial charge in [-0.25, -0.2) is 5.43 Å². The Bertz CT molecular complexity index is 837. The number of anilines is 1. The number of hydrogen-bond acceptors (Lipinski definition) is 4. The molecule has 6 nitrogen and oxygen atoms in total. The average Bonchev–Trinajstić information content (AvgIpc) is 2.64. The van der Waals surface area contributed by atoms with Crippen LogP contribution in [0.15, 0.2) is 47.6 Å². The molecule has 0 bridgehead atoms. The molecule has 0 heterocycles. The van der Waals surface area contributed by atoms with Crippen LogP contribution in [0.2, 0.25) is 5.02 Å². The molecule has 2 rings (SSSR count). The molecule has 2 amide bonds. The van der Waals surface area contributed by atoms with E-state index >= 15 is 0 Å². The summed E-state index contributed by atoms with van der Waals surface area (Å²) < 4.78 is 5.48. The number of amides is 2. The van der Waals surface area contributed by atoms with Gasteiger partial charge in [0.1, 0.15) is 12.2 Å². The van der Waals surface area contributed by atoms with Crippen LogP contribution < -0.4 is 15.5 Å². The van der Waals surface area contributed by atoms with E-state index in [0.717, 1.165) is 12.0 Å². The highest BCUT2D eigenvalue weighted by Gasteiger charge is 2.10. The summed E-state index contributed by atoms with van der Waals surface area (Å²) in [5.41, 5.74) is 4.68. The molecule has 0 saturated heterocycles. The van der Waals surface area contributed by atoms with Gasteiger partial charge in [-0.05, 0) is 43.2 Å². The number of ether oxygens (including phenoxy) is 1. The van der Waals surface area contributed by atoms with Gasteiger partial charge in [-0.2, -0.15) is 5.10 Å². The maximum Gasteiger partial charge on any atom is 0.249 e. The van der Waals surface area contributed by atoms with Crippen molar-refractivity contribution in [1.82, 2.24) is 5.43 Å². The quantitative estimate of drug-likeness (QED) is 0.411. The molecule has 7 heteroatoms. The maximum absolute atomic E-state index is 12.0. The van der Waals surface area contributed by atoms with E-state index in [0.29, 0.717) is 28.6 Å². The number of benzene rings is 2. The summed E-state index contributed by atoms with van der Waals surface area (Å²) >= 11 is 5.97. The highest BCUT2D eigenvalue weighted by molar-refractivity contribution is 6.30. The average molecular weight is 388 g/mol. The molecule has 0 aliphatic heterocycles. The van der Waals surface area contributed by atoms with E-state index in [1.807, 2.05) is 32.0 Å². The van der Waals surface area contributed by atoms with Crippen LogP contribution in [0.1, 0.15) is 31.4 Å². The van der Waals surface area contributed by atoms with Gasteiger partial charge in [0.2, 0.25) is 11.8 Å². The largest absolute Gasteiger partial charge is 0.493 e. The second kappa shape index (κ2) is 10.3. The third kappa shape index (κ3) is 6.42. The Morgan fingerprint density at radius 3 is 2.67 bits per heavy atom. The van der Waals surface area contributed by atoms with Crippen molar-refractivity contribution in [2.45, 2.75) is 26.7 Å². The lowest BCUT2D eigenvalue weighted by atomic mass is 10.1. The monoisotopic (exact) mass is 387 g/mol. The lowest BCUT2D eigenvalue weighted by Crippen LogP contribution is -2.25. The predicted octanol–water partition coefficient (Wildman–Crippen LogP) is 3.78. The van der Waals surface area contributed by atoms with Gasteiger partial charge in [0, 0.05) is 16.3 Å². The molecule has 0 fully saturated rings. The first-order valence-electron chi connectivity index (χ1n) is 8.65. The molecule has 2 aromatic carbocycles. The van der Waals surface area contributed by atoms with Crippen LogP contribution in [-0.4, -0.2) is 24.6 Å². The number of para-hydroxylation sites is 1. The summed E-state index contributed by atoms with van der Waals surface area (Å²) in [6, 6.07) is 12.6. The first-order chi connectivity index (χ1) is 13.0.